The molecule has 4 unspecified atom stereocenters. The zero-order valence-electron chi connectivity index (χ0n) is 18.7. The lowest BCUT2D eigenvalue weighted by atomic mass is 9.44. The molecular weight excluding hydrogens is 425 g/mol. The van der Waals surface area contributed by atoms with Crippen molar-refractivity contribution < 1.29 is 38.1 Å². The highest BCUT2D eigenvalue weighted by Crippen LogP contribution is 2.72. The fourth-order valence-corrected chi connectivity index (χ4v) is 7.92. The topological polar surface area (TPSA) is 93.1 Å². The van der Waals surface area contributed by atoms with Crippen LogP contribution in [-0.2, 0) is 19.1 Å². The van der Waals surface area contributed by atoms with Crippen LogP contribution in [0.15, 0.2) is 23.8 Å². The molecule has 176 valence electrons. The number of carbonyl (C=O) groups excluding carboxylic acids is 2. The molecule has 8 heteroatoms. The van der Waals surface area contributed by atoms with E-state index in [9.17, 15) is 19.8 Å². The average Bonchev–Trinajstić information content (AvgIpc) is 3.11. The maximum atomic E-state index is 17.1. The lowest BCUT2D eigenvalue weighted by molar-refractivity contribution is -0.248. The second-order valence-electron chi connectivity index (χ2n) is 11.0. The maximum Gasteiger partial charge on any atom is 0.193 e. The van der Waals surface area contributed by atoms with E-state index in [1.54, 1.807) is 20.8 Å². The lowest BCUT2D eigenvalue weighted by Crippen LogP contribution is -2.71. The molecule has 1 heterocycles. The van der Waals surface area contributed by atoms with Gasteiger partial charge in [-0.05, 0) is 63.7 Å². The van der Waals surface area contributed by atoms with Gasteiger partial charge in [-0.1, -0.05) is 13.0 Å². The predicted octanol–water partition coefficient (Wildman–Crippen LogP) is 2.37. The van der Waals surface area contributed by atoms with Crippen LogP contribution in [0.25, 0.3) is 0 Å². The Kier molecular flexibility index (Phi) is 4.42. The summed E-state index contributed by atoms with van der Waals surface area (Å²) in [6, 6.07) is 0. The summed E-state index contributed by atoms with van der Waals surface area (Å²) in [5.41, 5.74) is -6.30. The second-order valence-corrected chi connectivity index (χ2v) is 11.0. The summed E-state index contributed by atoms with van der Waals surface area (Å²) in [7, 11) is 0. The Bertz CT molecular complexity index is 960. The van der Waals surface area contributed by atoms with Gasteiger partial charge in [0.1, 0.15) is 12.8 Å². The monoisotopic (exact) mass is 455 g/mol. The van der Waals surface area contributed by atoms with Gasteiger partial charge in [-0.3, -0.25) is 9.59 Å². The molecule has 9 atom stereocenters. The minimum absolute atomic E-state index is 0.0550. The standard InChI is InChI=1S/C24H30F2O6/c1-20(2)31-19-9-13-14-8-16(25)15-7-12(28)5-6-21(15,3)23(14,26)17(29)10-22(13,4)24(19,32-20)18(30)11-27/h5-7,13-14,16-17,19,27,29H,8-11H2,1-4H3/t13?,14-,16?,17-,19?,21-,22-,23?,24+/m0/s1/i1+1,2+1,20+1. The summed E-state index contributed by atoms with van der Waals surface area (Å²) in [6.07, 6.45) is -0.151. The van der Waals surface area contributed by atoms with E-state index in [0.29, 0.717) is 0 Å². The van der Waals surface area contributed by atoms with E-state index < -0.39 is 76.3 Å². The number of hydrogen-bond acceptors (Lipinski definition) is 6. The van der Waals surface area contributed by atoms with Crippen molar-refractivity contribution in [2.75, 3.05) is 6.61 Å². The van der Waals surface area contributed by atoms with Gasteiger partial charge < -0.3 is 19.7 Å². The summed E-state index contributed by atoms with van der Waals surface area (Å²) in [6.45, 7) is 5.87. The van der Waals surface area contributed by atoms with Crippen LogP contribution in [-0.4, -0.2) is 63.8 Å². The molecule has 0 spiro atoms. The number of fused-ring (bicyclic) bond motifs is 7. The van der Waals surface area contributed by atoms with Crippen LogP contribution in [0.5, 0.6) is 0 Å². The Morgan fingerprint density at radius 1 is 1.22 bits per heavy atom. The van der Waals surface area contributed by atoms with Gasteiger partial charge in [0.15, 0.2) is 28.6 Å². The van der Waals surface area contributed by atoms with Crippen molar-refractivity contribution in [3.8, 4) is 0 Å². The van der Waals surface area contributed by atoms with Crippen LogP contribution >= 0.6 is 0 Å². The molecule has 4 fully saturated rings. The third-order valence-corrected chi connectivity index (χ3v) is 9.18. The minimum Gasteiger partial charge on any atom is -0.390 e. The number of Topliss-reactive ketones (excluding diaryl/α,β-unsaturated/α-hetero) is 1. The average molecular weight is 455 g/mol. The number of ether oxygens (including phenoxy) is 2. The lowest BCUT2D eigenvalue weighted by Gasteiger charge is -2.63. The first-order chi connectivity index (χ1) is 14.8. The number of aliphatic hydroxyl groups is 2. The van der Waals surface area contributed by atoms with Crippen LogP contribution in [0, 0.1) is 22.7 Å². The SMILES string of the molecule is C[C@]12C=CC(=O)C=C1C(F)C[C@H]1C3CC4O[13C]([13CH3])([13CH3])O[C@@]4(C(=O)CO)[C@@]3(C)C[C@H](O)C12F. The number of carbonyl (C=O) groups is 2. The fourth-order valence-electron chi connectivity index (χ4n) is 7.92. The van der Waals surface area contributed by atoms with Gasteiger partial charge in [-0.15, -0.1) is 0 Å². The highest BCUT2D eigenvalue weighted by molar-refractivity contribution is 6.01. The van der Waals surface area contributed by atoms with E-state index in [2.05, 4.69) is 0 Å². The quantitative estimate of drug-likeness (QED) is 0.621. The Morgan fingerprint density at radius 2 is 1.91 bits per heavy atom. The molecule has 3 saturated carbocycles. The number of hydrogen-bond donors (Lipinski definition) is 2. The number of halogens is 2. The molecule has 6 nitrogen and oxygen atoms in total. The Balaban J connectivity index is 1.66. The molecule has 0 aromatic heterocycles. The molecule has 0 aromatic carbocycles. The van der Waals surface area contributed by atoms with Gasteiger partial charge in [0.05, 0.1) is 12.2 Å². The minimum atomic E-state index is -2.24. The first kappa shape index (κ1) is 22.3. The summed E-state index contributed by atoms with van der Waals surface area (Å²) >= 11 is 0. The highest BCUT2D eigenvalue weighted by atomic mass is 19.1. The summed E-state index contributed by atoms with van der Waals surface area (Å²) in [4.78, 5) is 25.1. The Morgan fingerprint density at radius 3 is 2.56 bits per heavy atom. The van der Waals surface area contributed by atoms with Crippen molar-refractivity contribution in [1.82, 2.24) is 0 Å². The van der Waals surface area contributed by atoms with Crippen LogP contribution in [0.2, 0.25) is 0 Å². The molecule has 2 N–H and O–H groups in total. The number of rotatable bonds is 2. The molecule has 4 aliphatic carbocycles. The van der Waals surface area contributed by atoms with Crippen molar-refractivity contribution in [3.63, 3.8) is 0 Å². The molecular formula is C24H30F2O6. The van der Waals surface area contributed by atoms with E-state index in [4.69, 9.17) is 9.47 Å². The largest absolute Gasteiger partial charge is 0.390 e. The van der Waals surface area contributed by atoms with Gasteiger partial charge in [-0.2, -0.15) is 0 Å². The van der Waals surface area contributed by atoms with Crippen molar-refractivity contribution >= 4 is 11.6 Å². The Hall–Kier alpha value is -1.48. The smallest absolute Gasteiger partial charge is 0.193 e. The third kappa shape index (κ3) is 2.32. The van der Waals surface area contributed by atoms with E-state index in [0.717, 1.165) is 6.08 Å². The van der Waals surface area contributed by atoms with Crippen LogP contribution in [0.3, 0.4) is 0 Å². The van der Waals surface area contributed by atoms with Crippen molar-refractivity contribution in [1.29, 1.82) is 0 Å². The third-order valence-electron chi connectivity index (χ3n) is 9.18. The van der Waals surface area contributed by atoms with Gasteiger partial charge in [0.2, 0.25) is 0 Å². The number of alkyl halides is 2. The number of ketones is 2. The highest BCUT2D eigenvalue weighted by Gasteiger charge is 2.80. The van der Waals surface area contributed by atoms with E-state index in [1.165, 1.54) is 19.1 Å². The molecule has 1 aliphatic heterocycles. The normalized spacial score (nSPS) is 53.2. The van der Waals surface area contributed by atoms with Crippen LogP contribution < -0.4 is 0 Å². The first-order valence-electron chi connectivity index (χ1n) is 11.3. The summed E-state index contributed by atoms with van der Waals surface area (Å²) in [5, 5.41) is 21.1. The molecule has 0 radical (unpaired) electrons. The molecule has 5 aliphatic rings. The Labute approximate surface area is 185 Å². The zero-order chi connectivity index (χ0) is 23.5. The van der Waals surface area contributed by atoms with Crippen molar-refractivity contribution in [2.24, 2.45) is 22.7 Å². The van der Waals surface area contributed by atoms with Crippen molar-refractivity contribution in [3.05, 3.63) is 23.8 Å². The molecule has 0 amide bonds. The van der Waals surface area contributed by atoms with Gasteiger partial charge in [-0.25, -0.2) is 8.78 Å². The zero-order valence-corrected chi connectivity index (χ0v) is 18.7. The van der Waals surface area contributed by atoms with Crippen molar-refractivity contribution in [2.45, 2.75) is 82.4 Å². The van der Waals surface area contributed by atoms with Crippen LogP contribution in [0.4, 0.5) is 8.78 Å². The summed E-state index contributed by atoms with van der Waals surface area (Å²) < 4.78 is 44.8. The molecule has 5 rings (SSSR count). The molecule has 1 saturated heterocycles. The van der Waals surface area contributed by atoms with Gasteiger partial charge >= 0.3 is 0 Å². The maximum absolute atomic E-state index is 17.1. The van der Waals surface area contributed by atoms with Gasteiger partial charge in [0.25, 0.3) is 0 Å². The fraction of sp³-hybridized carbons (Fsp3) is 0.750. The van der Waals surface area contributed by atoms with Gasteiger partial charge in [0, 0.05) is 16.7 Å². The molecule has 0 aromatic rings. The molecule has 0 bridgehead atoms. The first-order valence-corrected chi connectivity index (χ1v) is 11.3. The number of allylic oxidation sites excluding steroid dienone is 4. The summed E-state index contributed by atoms with van der Waals surface area (Å²) in [5.74, 6) is -3.53. The second kappa shape index (κ2) is 6.34. The molecule has 32 heavy (non-hydrogen) atoms. The van der Waals surface area contributed by atoms with Crippen LogP contribution in [0.1, 0.15) is 47.0 Å². The number of aliphatic hydroxyl groups excluding tert-OH is 2. The van der Waals surface area contributed by atoms with E-state index in [1.807, 2.05) is 0 Å². The van der Waals surface area contributed by atoms with E-state index >= 15 is 8.78 Å². The van der Waals surface area contributed by atoms with E-state index in [-0.39, 0.29) is 24.8 Å². The predicted molar refractivity (Wildman–Crippen MR) is 109 cm³/mol.